The van der Waals surface area contributed by atoms with Crippen LogP contribution in [0.5, 0.6) is 0 Å². The van der Waals surface area contributed by atoms with Crippen LogP contribution in [0.1, 0.15) is 25.3 Å². The fourth-order valence-electron chi connectivity index (χ4n) is 1.66. The van der Waals surface area contributed by atoms with E-state index >= 15 is 0 Å². The lowest BCUT2D eigenvalue weighted by Gasteiger charge is -2.15. The van der Waals surface area contributed by atoms with Gasteiger partial charge in [0, 0.05) is 6.54 Å². The Kier molecular flexibility index (Phi) is 6.43. The van der Waals surface area contributed by atoms with E-state index in [-0.39, 0.29) is 0 Å². The van der Waals surface area contributed by atoms with Gasteiger partial charge in [0.15, 0.2) is 0 Å². The second kappa shape index (κ2) is 8.13. The predicted molar refractivity (Wildman–Crippen MR) is 73.0 cm³/mol. The molecule has 5 heteroatoms. The van der Waals surface area contributed by atoms with Crippen molar-refractivity contribution in [3.8, 4) is 0 Å². The van der Waals surface area contributed by atoms with Gasteiger partial charge >= 0.3 is 12.0 Å². The molecule has 0 aliphatic carbocycles. The minimum Gasteiger partial charge on any atom is -0.480 e. The largest absolute Gasteiger partial charge is 0.480 e. The first-order valence-corrected chi connectivity index (χ1v) is 6.44. The number of rotatable bonds is 7. The van der Waals surface area contributed by atoms with Gasteiger partial charge in [0.25, 0.3) is 0 Å². The highest BCUT2D eigenvalue weighted by atomic mass is 16.4. The SMILES string of the molecule is CCCNC(=O)N[C@@H](CCc1ccccc1)C(=O)O. The monoisotopic (exact) mass is 264 g/mol. The predicted octanol–water partition coefficient (Wildman–Crippen LogP) is 1.78. The van der Waals surface area contributed by atoms with Crippen LogP contribution < -0.4 is 10.6 Å². The molecule has 104 valence electrons. The Morgan fingerprint density at radius 2 is 1.95 bits per heavy atom. The van der Waals surface area contributed by atoms with Crippen molar-refractivity contribution >= 4 is 12.0 Å². The molecule has 1 aromatic carbocycles. The van der Waals surface area contributed by atoms with Crippen LogP contribution in [0.25, 0.3) is 0 Å². The van der Waals surface area contributed by atoms with Crippen LogP contribution in [0.15, 0.2) is 30.3 Å². The molecule has 3 N–H and O–H groups in total. The van der Waals surface area contributed by atoms with Crippen LogP contribution in [0.2, 0.25) is 0 Å². The van der Waals surface area contributed by atoms with Crippen LogP contribution in [0.4, 0.5) is 4.79 Å². The summed E-state index contributed by atoms with van der Waals surface area (Å²) in [5, 5.41) is 14.2. The smallest absolute Gasteiger partial charge is 0.326 e. The summed E-state index contributed by atoms with van der Waals surface area (Å²) in [5.41, 5.74) is 1.06. The summed E-state index contributed by atoms with van der Waals surface area (Å²) >= 11 is 0. The van der Waals surface area contributed by atoms with E-state index in [1.54, 1.807) is 0 Å². The number of benzene rings is 1. The molecule has 0 aromatic heterocycles. The quantitative estimate of drug-likeness (QED) is 0.702. The van der Waals surface area contributed by atoms with Gasteiger partial charge in [-0.2, -0.15) is 0 Å². The van der Waals surface area contributed by atoms with Crippen LogP contribution in [-0.4, -0.2) is 29.7 Å². The molecule has 0 radical (unpaired) electrons. The van der Waals surface area contributed by atoms with Gasteiger partial charge in [0.2, 0.25) is 0 Å². The molecule has 19 heavy (non-hydrogen) atoms. The molecular formula is C14H20N2O3. The maximum atomic E-state index is 11.4. The molecule has 0 spiro atoms. The minimum absolute atomic E-state index is 0.374. The number of nitrogens with one attached hydrogen (secondary N) is 2. The highest BCUT2D eigenvalue weighted by Crippen LogP contribution is 2.05. The molecule has 0 unspecified atom stereocenters. The number of carbonyl (C=O) groups is 2. The Morgan fingerprint density at radius 3 is 2.53 bits per heavy atom. The Labute approximate surface area is 113 Å². The molecule has 1 rings (SSSR count). The van der Waals surface area contributed by atoms with Gasteiger partial charge < -0.3 is 15.7 Å². The molecule has 0 heterocycles. The maximum Gasteiger partial charge on any atom is 0.326 e. The van der Waals surface area contributed by atoms with Crippen molar-refractivity contribution in [3.63, 3.8) is 0 Å². The van der Waals surface area contributed by atoms with E-state index in [0.717, 1.165) is 12.0 Å². The summed E-state index contributed by atoms with van der Waals surface area (Å²) < 4.78 is 0. The normalized spacial score (nSPS) is 11.6. The molecule has 0 aliphatic heterocycles. The van der Waals surface area contributed by atoms with Crippen molar-refractivity contribution in [2.24, 2.45) is 0 Å². The first kappa shape index (κ1) is 15.0. The maximum absolute atomic E-state index is 11.4. The number of carboxylic acid groups (broad SMARTS) is 1. The minimum atomic E-state index is -1.01. The van der Waals surface area contributed by atoms with Crippen molar-refractivity contribution in [1.29, 1.82) is 0 Å². The highest BCUT2D eigenvalue weighted by Gasteiger charge is 2.19. The van der Waals surface area contributed by atoms with E-state index in [1.165, 1.54) is 0 Å². The lowest BCUT2D eigenvalue weighted by molar-refractivity contribution is -0.139. The first-order chi connectivity index (χ1) is 9.13. The summed E-state index contributed by atoms with van der Waals surface area (Å²) in [6.45, 7) is 2.47. The average molecular weight is 264 g/mol. The Balaban J connectivity index is 2.45. The zero-order valence-corrected chi connectivity index (χ0v) is 11.1. The average Bonchev–Trinajstić information content (AvgIpc) is 2.42. The molecule has 0 saturated heterocycles. The summed E-state index contributed by atoms with van der Waals surface area (Å²) in [7, 11) is 0. The van der Waals surface area contributed by atoms with Gasteiger partial charge in [0.05, 0.1) is 0 Å². The van der Waals surface area contributed by atoms with Crippen LogP contribution in [-0.2, 0) is 11.2 Å². The number of hydrogen-bond acceptors (Lipinski definition) is 2. The van der Waals surface area contributed by atoms with E-state index in [9.17, 15) is 9.59 Å². The van der Waals surface area contributed by atoms with Crippen molar-refractivity contribution < 1.29 is 14.7 Å². The molecule has 5 nitrogen and oxygen atoms in total. The van der Waals surface area contributed by atoms with Gasteiger partial charge in [0.1, 0.15) is 6.04 Å². The second-order valence-electron chi connectivity index (χ2n) is 4.32. The van der Waals surface area contributed by atoms with Crippen molar-refractivity contribution in [2.75, 3.05) is 6.54 Å². The molecule has 1 atom stereocenters. The topological polar surface area (TPSA) is 78.4 Å². The molecule has 0 fully saturated rings. The number of hydrogen-bond donors (Lipinski definition) is 3. The summed E-state index contributed by atoms with van der Waals surface area (Å²) in [5.74, 6) is -1.01. The number of aliphatic carboxylic acids is 1. The standard InChI is InChI=1S/C14H20N2O3/c1-2-10-15-14(19)16-12(13(17)18)9-8-11-6-4-3-5-7-11/h3-7,12H,2,8-10H2,1H3,(H,17,18)(H2,15,16,19)/t12-/m0/s1. The molecular weight excluding hydrogens is 244 g/mol. The highest BCUT2D eigenvalue weighted by molar-refractivity contribution is 5.82. The number of carboxylic acids is 1. The van der Waals surface area contributed by atoms with Crippen molar-refractivity contribution in [1.82, 2.24) is 10.6 Å². The van der Waals surface area contributed by atoms with Crippen LogP contribution in [0.3, 0.4) is 0 Å². The Bertz CT molecular complexity index is 406. The number of amides is 2. The number of carbonyl (C=O) groups excluding carboxylic acids is 1. The van der Waals surface area contributed by atoms with E-state index < -0.39 is 18.0 Å². The molecule has 1 aromatic rings. The van der Waals surface area contributed by atoms with E-state index in [0.29, 0.717) is 19.4 Å². The molecule has 2 amide bonds. The number of urea groups is 1. The first-order valence-electron chi connectivity index (χ1n) is 6.44. The van der Waals surface area contributed by atoms with Gasteiger partial charge in [-0.05, 0) is 24.8 Å². The summed E-state index contributed by atoms with van der Waals surface area (Å²) in [6, 6.07) is 8.32. The van der Waals surface area contributed by atoms with E-state index in [4.69, 9.17) is 5.11 Å². The molecule has 0 bridgehead atoms. The van der Waals surface area contributed by atoms with Crippen LogP contribution in [0, 0.1) is 0 Å². The zero-order valence-electron chi connectivity index (χ0n) is 11.1. The van der Waals surface area contributed by atoms with E-state index in [2.05, 4.69) is 10.6 Å². The third-order valence-electron chi connectivity index (χ3n) is 2.70. The van der Waals surface area contributed by atoms with Crippen molar-refractivity contribution in [2.45, 2.75) is 32.2 Å². The lowest BCUT2D eigenvalue weighted by Crippen LogP contribution is -2.46. The Hall–Kier alpha value is -2.04. The zero-order chi connectivity index (χ0) is 14.1. The van der Waals surface area contributed by atoms with Gasteiger partial charge in [-0.25, -0.2) is 9.59 Å². The lowest BCUT2D eigenvalue weighted by atomic mass is 10.1. The van der Waals surface area contributed by atoms with E-state index in [1.807, 2.05) is 37.3 Å². The number of aryl methyl sites for hydroxylation is 1. The molecule has 0 saturated carbocycles. The third-order valence-corrected chi connectivity index (χ3v) is 2.70. The molecule has 0 aliphatic rings. The second-order valence-corrected chi connectivity index (χ2v) is 4.32. The van der Waals surface area contributed by atoms with Crippen molar-refractivity contribution in [3.05, 3.63) is 35.9 Å². The Morgan fingerprint density at radius 1 is 1.26 bits per heavy atom. The van der Waals surface area contributed by atoms with Gasteiger partial charge in [-0.3, -0.25) is 0 Å². The van der Waals surface area contributed by atoms with Gasteiger partial charge in [-0.1, -0.05) is 37.3 Å². The fraction of sp³-hybridized carbons (Fsp3) is 0.429. The fourth-order valence-corrected chi connectivity index (χ4v) is 1.66. The third kappa shape index (κ3) is 5.90. The van der Waals surface area contributed by atoms with Crippen LogP contribution >= 0.6 is 0 Å². The van der Waals surface area contributed by atoms with Gasteiger partial charge in [-0.15, -0.1) is 0 Å². The summed E-state index contributed by atoms with van der Waals surface area (Å²) in [4.78, 5) is 22.5. The summed E-state index contributed by atoms with van der Waals surface area (Å²) in [6.07, 6.45) is 1.81.